The van der Waals surface area contributed by atoms with Crippen LogP contribution in [0.15, 0.2) is 30.6 Å². The Morgan fingerprint density at radius 1 is 1.27 bits per heavy atom. The van der Waals surface area contributed by atoms with Crippen LogP contribution < -0.4 is 0 Å². The highest BCUT2D eigenvalue weighted by atomic mass is 35.5. The fourth-order valence-corrected chi connectivity index (χ4v) is 4.26. The molecule has 2 aromatic heterocycles. The smallest absolute Gasteiger partial charge is 0.252 e. The van der Waals surface area contributed by atoms with Crippen molar-refractivity contribution < 1.29 is 0 Å². The van der Waals surface area contributed by atoms with Gasteiger partial charge in [-0.05, 0) is 56.0 Å². The van der Waals surface area contributed by atoms with Gasteiger partial charge in [0.1, 0.15) is 6.33 Å². The van der Waals surface area contributed by atoms with E-state index in [9.17, 15) is 0 Å². The summed E-state index contributed by atoms with van der Waals surface area (Å²) in [5.74, 6) is 1.14. The Bertz CT molecular complexity index is 920. The standard InChI is InChI=1S/C20H24ClN5/c1-3-16-7-6-15(10-18(16)21)11-25-8-4-5-17(12-25)19-9-14(2)24-20-22-13-23-26(19)20/h6-7,9-10,13,17H,3-5,8,11-12H2,1-2H3. The Labute approximate surface area is 159 Å². The molecule has 6 heteroatoms. The van der Waals surface area contributed by atoms with Crippen molar-refractivity contribution in [1.29, 1.82) is 0 Å². The molecule has 0 aliphatic carbocycles. The number of fused-ring (bicyclic) bond motifs is 1. The monoisotopic (exact) mass is 369 g/mol. The van der Waals surface area contributed by atoms with Crippen molar-refractivity contribution >= 4 is 17.4 Å². The van der Waals surface area contributed by atoms with E-state index in [1.165, 1.54) is 29.7 Å². The first-order valence-electron chi connectivity index (χ1n) is 9.31. The molecule has 5 nitrogen and oxygen atoms in total. The van der Waals surface area contributed by atoms with E-state index >= 15 is 0 Å². The Kier molecular flexibility index (Phi) is 4.92. The zero-order valence-corrected chi connectivity index (χ0v) is 16.1. The molecule has 1 atom stereocenters. The van der Waals surface area contributed by atoms with Crippen LogP contribution in [-0.4, -0.2) is 37.6 Å². The molecular weight excluding hydrogens is 346 g/mol. The second-order valence-electron chi connectivity index (χ2n) is 7.15. The molecule has 1 aliphatic heterocycles. The molecular formula is C20H24ClN5. The molecule has 3 aromatic rings. The minimum absolute atomic E-state index is 0.444. The van der Waals surface area contributed by atoms with Crippen molar-refractivity contribution in [3.05, 3.63) is 58.1 Å². The molecule has 4 rings (SSSR count). The second kappa shape index (κ2) is 7.33. The van der Waals surface area contributed by atoms with Gasteiger partial charge in [-0.1, -0.05) is 30.7 Å². The Morgan fingerprint density at radius 2 is 2.15 bits per heavy atom. The SMILES string of the molecule is CCc1ccc(CN2CCCC(c3cc(C)nc4ncnn34)C2)cc1Cl. The number of nitrogens with zero attached hydrogens (tertiary/aromatic N) is 5. The predicted molar refractivity (Wildman–Crippen MR) is 104 cm³/mol. The van der Waals surface area contributed by atoms with E-state index in [0.29, 0.717) is 11.7 Å². The molecule has 0 amide bonds. The van der Waals surface area contributed by atoms with Crippen molar-refractivity contribution in [3.63, 3.8) is 0 Å². The highest BCUT2D eigenvalue weighted by Gasteiger charge is 2.24. The predicted octanol–water partition coefficient (Wildman–Crippen LogP) is 4.03. The second-order valence-corrected chi connectivity index (χ2v) is 7.56. The summed E-state index contributed by atoms with van der Waals surface area (Å²) in [7, 11) is 0. The third-order valence-corrected chi connectivity index (χ3v) is 5.59. The van der Waals surface area contributed by atoms with Crippen LogP contribution in [0.25, 0.3) is 5.78 Å². The summed E-state index contributed by atoms with van der Waals surface area (Å²) in [6.45, 7) is 7.23. The van der Waals surface area contributed by atoms with Gasteiger partial charge in [-0.25, -0.2) is 9.50 Å². The normalized spacial score (nSPS) is 18.5. The molecule has 1 aromatic carbocycles. The van der Waals surface area contributed by atoms with Crippen molar-refractivity contribution in [1.82, 2.24) is 24.5 Å². The topological polar surface area (TPSA) is 46.3 Å². The number of hydrogen-bond acceptors (Lipinski definition) is 4. The molecule has 1 aliphatic rings. The van der Waals surface area contributed by atoms with E-state index in [4.69, 9.17) is 11.6 Å². The first-order chi connectivity index (χ1) is 12.6. The van der Waals surface area contributed by atoms with Gasteiger partial charge in [0.2, 0.25) is 0 Å². The third-order valence-electron chi connectivity index (χ3n) is 5.24. The minimum atomic E-state index is 0.444. The van der Waals surface area contributed by atoms with Gasteiger partial charge >= 0.3 is 0 Å². The van der Waals surface area contributed by atoms with Crippen molar-refractivity contribution in [3.8, 4) is 0 Å². The highest BCUT2D eigenvalue weighted by molar-refractivity contribution is 6.31. The number of likely N-dealkylation sites (tertiary alicyclic amines) is 1. The molecule has 0 N–H and O–H groups in total. The maximum Gasteiger partial charge on any atom is 0.252 e. The van der Waals surface area contributed by atoms with Gasteiger partial charge in [0.05, 0.1) is 5.69 Å². The summed E-state index contributed by atoms with van der Waals surface area (Å²) in [4.78, 5) is 11.2. The first kappa shape index (κ1) is 17.4. The van der Waals surface area contributed by atoms with Gasteiger partial charge in [0.15, 0.2) is 0 Å². The summed E-state index contributed by atoms with van der Waals surface area (Å²) < 4.78 is 1.90. The summed E-state index contributed by atoms with van der Waals surface area (Å²) >= 11 is 6.40. The molecule has 136 valence electrons. The number of aryl methyl sites for hydroxylation is 2. The maximum absolute atomic E-state index is 6.40. The van der Waals surface area contributed by atoms with E-state index in [2.05, 4.69) is 51.2 Å². The zero-order valence-electron chi connectivity index (χ0n) is 15.3. The van der Waals surface area contributed by atoms with Gasteiger partial charge in [-0.15, -0.1) is 0 Å². The van der Waals surface area contributed by atoms with Gasteiger partial charge in [-0.2, -0.15) is 10.1 Å². The molecule has 0 saturated carbocycles. The first-order valence-corrected chi connectivity index (χ1v) is 9.68. The van der Waals surface area contributed by atoms with Gasteiger partial charge in [0, 0.05) is 29.7 Å². The lowest BCUT2D eigenvalue weighted by Gasteiger charge is -2.33. The number of piperidine rings is 1. The lowest BCUT2D eigenvalue weighted by molar-refractivity contribution is 0.197. The summed E-state index contributed by atoms with van der Waals surface area (Å²) in [5.41, 5.74) is 4.71. The molecule has 0 spiro atoms. The van der Waals surface area contributed by atoms with Crippen molar-refractivity contribution in [2.24, 2.45) is 0 Å². The molecule has 0 radical (unpaired) electrons. The Hall–Kier alpha value is -1.98. The van der Waals surface area contributed by atoms with Crippen LogP contribution in [0, 0.1) is 6.92 Å². The minimum Gasteiger partial charge on any atom is -0.298 e. The number of aromatic nitrogens is 4. The number of hydrogen-bond donors (Lipinski definition) is 0. The average Bonchev–Trinajstić information content (AvgIpc) is 3.09. The number of halogens is 1. The van der Waals surface area contributed by atoms with Crippen molar-refractivity contribution in [2.45, 2.75) is 45.6 Å². The van der Waals surface area contributed by atoms with Crippen molar-refractivity contribution in [2.75, 3.05) is 13.1 Å². The van der Waals surface area contributed by atoms with Crippen LogP contribution >= 0.6 is 11.6 Å². The summed E-state index contributed by atoms with van der Waals surface area (Å²) in [6, 6.07) is 8.64. The number of rotatable bonds is 4. The Morgan fingerprint density at radius 3 is 2.96 bits per heavy atom. The van der Waals surface area contributed by atoms with E-state index in [0.717, 1.165) is 36.8 Å². The van der Waals surface area contributed by atoms with Gasteiger partial charge in [0.25, 0.3) is 5.78 Å². The van der Waals surface area contributed by atoms with E-state index in [1.807, 2.05) is 11.4 Å². The van der Waals surface area contributed by atoms with Crippen LogP contribution in [0.5, 0.6) is 0 Å². The lowest BCUT2D eigenvalue weighted by atomic mass is 9.93. The number of benzene rings is 1. The molecule has 3 heterocycles. The quantitative estimate of drug-likeness (QED) is 0.696. The van der Waals surface area contributed by atoms with Crippen LogP contribution in [-0.2, 0) is 13.0 Å². The largest absolute Gasteiger partial charge is 0.298 e. The zero-order chi connectivity index (χ0) is 18.1. The molecule has 1 unspecified atom stereocenters. The molecule has 26 heavy (non-hydrogen) atoms. The van der Waals surface area contributed by atoms with Gasteiger partial charge < -0.3 is 0 Å². The molecule has 1 fully saturated rings. The van der Waals surface area contributed by atoms with Crippen LogP contribution in [0.4, 0.5) is 0 Å². The van der Waals surface area contributed by atoms with E-state index < -0.39 is 0 Å². The van der Waals surface area contributed by atoms with Crippen LogP contribution in [0.2, 0.25) is 5.02 Å². The van der Waals surface area contributed by atoms with Gasteiger partial charge in [-0.3, -0.25) is 4.90 Å². The van der Waals surface area contributed by atoms with E-state index in [1.54, 1.807) is 6.33 Å². The average molecular weight is 370 g/mol. The maximum atomic E-state index is 6.40. The molecule has 0 bridgehead atoms. The fourth-order valence-electron chi connectivity index (χ4n) is 3.92. The molecule has 1 saturated heterocycles. The summed E-state index contributed by atoms with van der Waals surface area (Å²) in [5, 5.41) is 5.26. The third kappa shape index (κ3) is 3.46. The van der Waals surface area contributed by atoms with Crippen LogP contribution in [0.1, 0.15) is 48.2 Å². The van der Waals surface area contributed by atoms with Crippen LogP contribution in [0.3, 0.4) is 0 Å². The fraction of sp³-hybridized carbons (Fsp3) is 0.450. The Balaban J connectivity index is 1.54. The highest BCUT2D eigenvalue weighted by Crippen LogP contribution is 2.28. The summed E-state index contributed by atoms with van der Waals surface area (Å²) in [6.07, 6.45) is 4.91. The van der Waals surface area contributed by atoms with E-state index in [-0.39, 0.29) is 0 Å². The lowest BCUT2D eigenvalue weighted by Crippen LogP contribution is -2.34.